The topological polar surface area (TPSA) is 123 Å². The fourth-order valence-electron chi connectivity index (χ4n) is 7.40. The number of carbonyl (C=O) groups excluding carboxylic acids is 3. The molecule has 3 amide bonds. The first kappa shape index (κ1) is 30.6. The number of hydrogen-bond acceptors (Lipinski definition) is 8. The molecule has 3 aromatic rings. The molecule has 4 aliphatic rings. The summed E-state index contributed by atoms with van der Waals surface area (Å²) in [5, 5.41) is 13.6. The first-order valence-electron chi connectivity index (χ1n) is 15.3. The highest BCUT2D eigenvalue weighted by atomic mass is 35.5. The Balaban J connectivity index is 1.24. The number of halogens is 2. The molecule has 0 radical (unpaired) electrons. The van der Waals surface area contributed by atoms with Crippen LogP contribution in [0, 0.1) is 25.7 Å². The Morgan fingerprint density at radius 2 is 1.80 bits per heavy atom. The number of piperazine rings is 1. The van der Waals surface area contributed by atoms with E-state index < -0.39 is 35.7 Å². The second-order valence-corrected chi connectivity index (χ2v) is 13.0. The molecule has 2 bridgehead atoms. The van der Waals surface area contributed by atoms with Gasteiger partial charge in [0.1, 0.15) is 11.6 Å². The van der Waals surface area contributed by atoms with Crippen molar-refractivity contribution < 1.29 is 23.9 Å². The summed E-state index contributed by atoms with van der Waals surface area (Å²) in [5.41, 5.74) is 2.31. The van der Waals surface area contributed by atoms with Crippen molar-refractivity contribution in [3.63, 3.8) is 0 Å². The Kier molecular flexibility index (Phi) is 7.77. The predicted octanol–water partition coefficient (Wildman–Crippen LogP) is 3.76. The number of tetrazole rings is 1. The van der Waals surface area contributed by atoms with Crippen molar-refractivity contribution in [2.45, 2.75) is 38.5 Å². The third kappa shape index (κ3) is 4.85. The number of carbonyl (C=O) groups is 3. The lowest BCUT2D eigenvalue weighted by atomic mass is 9.76. The molecule has 4 aliphatic heterocycles. The van der Waals surface area contributed by atoms with Gasteiger partial charge in [-0.15, -0.1) is 5.10 Å². The summed E-state index contributed by atoms with van der Waals surface area (Å²) >= 11 is 13.1. The molecule has 5 heterocycles. The molecule has 7 rings (SSSR count). The third-order valence-electron chi connectivity index (χ3n) is 9.49. The van der Waals surface area contributed by atoms with Crippen molar-refractivity contribution in [1.29, 1.82) is 0 Å². The van der Waals surface area contributed by atoms with E-state index >= 15 is 0 Å². The summed E-state index contributed by atoms with van der Waals surface area (Å²) in [5.74, 6) is -1.49. The average Bonchev–Trinajstić information content (AvgIpc) is 3.80. The van der Waals surface area contributed by atoms with Crippen LogP contribution in [-0.4, -0.2) is 104 Å². The number of aryl methyl sites for hydroxylation is 2. The Hall–Kier alpha value is -4.00. The van der Waals surface area contributed by atoms with E-state index in [0.717, 1.165) is 16.8 Å². The maximum atomic E-state index is 14.7. The second-order valence-electron chi connectivity index (χ2n) is 12.1. The molecule has 3 saturated heterocycles. The van der Waals surface area contributed by atoms with Gasteiger partial charge in [0.25, 0.3) is 0 Å². The number of hydrogen-bond donors (Lipinski definition) is 0. The van der Waals surface area contributed by atoms with Crippen LogP contribution in [0.5, 0.6) is 0 Å². The number of likely N-dealkylation sites (tertiary alicyclic amines) is 1. The maximum Gasteiger partial charge on any atom is 0.409 e. The Morgan fingerprint density at radius 1 is 1.09 bits per heavy atom. The monoisotopic (exact) mass is 665 g/mol. The first-order chi connectivity index (χ1) is 22.1. The van der Waals surface area contributed by atoms with E-state index in [2.05, 4.69) is 15.5 Å². The van der Waals surface area contributed by atoms with Crippen LogP contribution in [0.2, 0.25) is 10.0 Å². The Labute approximate surface area is 275 Å². The Bertz CT molecular complexity index is 1740. The largest absolute Gasteiger partial charge is 0.450 e. The Morgan fingerprint density at radius 3 is 2.50 bits per heavy atom. The number of benzene rings is 2. The highest BCUT2D eigenvalue weighted by Gasteiger charge is 2.68. The zero-order valence-corrected chi connectivity index (χ0v) is 27.1. The van der Waals surface area contributed by atoms with E-state index in [4.69, 9.17) is 32.7 Å². The smallest absolute Gasteiger partial charge is 0.409 e. The zero-order valence-electron chi connectivity index (χ0n) is 25.6. The lowest BCUT2D eigenvalue weighted by Gasteiger charge is -2.37. The van der Waals surface area contributed by atoms with E-state index in [-0.39, 0.29) is 25.0 Å². The van der Waals surface area contributed by atoms with Crippen molar-refractivity contribution >= 4 is 41.1 Å². The number of fused-ring (bicyclic) bond motifs is 1. The summed E-state index contributed by atoms with van der Waals surface area (Å²) < 4.78 is 13.3. The number of nitrogens with zero attached hydrogens (tertiary/aromatic N) is 7. The third-order valence-corrected chi connectivity index (χ3v) is 10.1. The van der Waals surface area contributed by atoms with Crippen LogP contribution in [-0.2, 0) is 19.1 Å². The average molecular weight is 667 g/mol. The molecule has 0 unspecified atom stereocenters. The second kappa shape index (κ2) is 11.7. The standard InChI is InChI=1S/C32H33Cl2N7O5/c1-4-45-31(44)39-14-12-38(13-15-39)29(42)24-23-10-11-32(46-23)17-40(30(43)25(24)32)27(21-9-8-20(33)16-22(21)34)28-35-36-37-41(28)26-18(2)6-5-7-19(26)3/h5-11,16,23-25,27H,4,12-15,17H2,1-3H3/t23-,24+,25+,27-,32-/m1/s1. The van der Waals surface area contributed by atoms with Gasteiger partial charge in [-0.25, -0.2) is 4.79 Å². The fourth-order valence-corrected chi connectivity index (χ4v) is 7.91. The number of amides is 3. The molecular weight excluding hydrogens is 633 g/mol. The fraction of sp³-hybridized carbons (Fsp3) is 0.438. The van der Waals surface area contributed by atoms with Gasteiger partial charge >= 0.3 is 6.09 Å². The predicted molar refractivity (Wildman–Crippen MR) is 168 cm³/mol. The van der Waals surface area contributed by atoms with Crippen LogP contribution in [0.3, 0.4) is 0 Å². The molecule has 1 spiro atoms. The number of ether oxygens (including phenoxy) is 2. The molecule has 5 atom stereocenters. The van der Waals surface area contributed by atoms with Gasteiger partial charge in [-0.2, -0.15) is 4.68 Å². The van der Waals surface area contributed by atoms with Gasteiger partial charge in [0.15, 0.2) is 5.82 Å². The van der Waals surface area contributed by atoms with E-state index in [1.54, 1.807) is 44.5 Å². The van der Waals surface area contributed by atoms with Gasteiger partial charge in [-0.1, -0.05) is 59.6 Å². The molecule has 240 valence electrons. The summed E-state index contributed by atoms with van der Waals surface area (Å²) in [6, 6.07) is 10.2. The van der Waals surface area contributed by atoms with Gasteiger partial charge in [0.05, 0.1) is 36.8 Å². The normalized spacial score (nSPS) is 25.7. The molecule has 0 aliphatic carbocycles. The number of para-hydroxylation sites is 1. The van der Waals surface area contributed by atoms with Crippen molar-refractivity contribution in [3.8, 4) is 5.69 Å². The van der Waals surface area contributed by atoms with Crippen LogP contribution in [0.4, 0.5) is 4.79 Å². The SMILES string of the molecule is CCOC(=O)N1CCN(C(=O)[C@@H]2[C@H]3C(=O)N([C@H](c4ccc(Cl)cc4Cl)c4nnnn4-c4c(C)cccc4C)C[C@]34C=C[C@H]2O4)CC1. The zero-order chi connectivity index (χ0) is 32.3. The number of aromatic nitrogens is 4. The van der Waals surface area contributed by atoms with Gasteiger partial charge in [0, 0.05) is 41.8 Å². The molecule has 1 aromatic heterocycles. The molecule has 0 N–H and O–H groups in total. The van der Waals surface area contributed by atoms with E-state index in [1.165, 1.54) is 0 Å². The van der Waals surface area contributed by atoms with Crippen LogP contribution in [0.15, 0.2) is 48.6 Å². The molecule has 46 heavy (non-hydrogen) atoms. The minimum atomic E-state index is -0.997. The highest BCUT2D eigenvalue weighted by Crippen LogP contribution is 2.54. The molecular formula is C32H33Cl2N7O5. The lowest BCUT2D eigenvalue weighted by Crippen LogP contribution is -2.54. The van der Waals surface area contributed by atoms with Crippen molar-refractivity contribution in [3.05, 3.63) is 81.1 Å². The van der Waals surface area contributed by atoms with Crippen LogP contribution in [0.1, 0.15) is 35.5 Å². The van der Waals surface area contributed by atoms with Crippen molar-refractivity contribution in [2.75, 3.05) is 39.3 Å². The molecule has 2 aromatic carbocycles. The minimum absolute atomic E-state index is 0.165. The summed E-state index contributed by atoms with van der Waals surface area (Å²) in [6.07, 6.45) is 2.88. The van der Waals surface area contributed by atoms with E-state index in [9.17, 15) is 14.4 Å². The maximum absolute atomic E-state index is 14.7. The van der Waals surface area contributed by atoms with Crippen LogP contribution < -0.4 is 0 Å². The quantitative estimate of drug-likeness (QED) is 0.365. The number of rotatable bonds is 6. The van der Waals surface area contributed by atoms with E-state index in [0.29, 0.717) is 47.6 Å². The van der Waals surface area contributed by atoms with Gasteiger partial charge in [-0.3, -0.25) is 9.59 Å². The van der Waals surface area contributed by atoms with Crippen LogP contribution >= 0.6 is 23.2 Å². The minimum Gasteiger partial charge on any atom is -0.450 e. The lowest BCUT2D eigenvalue weighted by molar-refractivity contribution is -0.144. The van der Waals surface area contributed by atoms with Gasteiger partial charge in [-0.05, 0) is 54.5 Å². The van der Waals surface area contributed by atoms with E-state index in [1.807, 2.05) is 44.2 Å². The van der Waals surface area contributed by atoms with Crippen LogP contribution in [0.25, 0.3) is 5.69 Å². The van der Waals surface area contributed by atoms with Gasteiger partial charge in [0.2, 0.25) is 11.8 Å². The highest BCUT2D eigenvalue weighted by molar-refractivity contribution is 6.35. The molecule has 3 fully saturated rings. The van der Waals surface area contributed by atoms with Gasteiger partial charge < -0.3 is 24.2 Å². The molecule has 0 saturated carbocycles. The van der Waals surface area contributed by atoms with Crippen molar-refractivity contribution in [2.24, 2.45) is 11.8 Å². The molecule has 14 heteroatoms. The summed E-state index contributed by atoms with van der Waals surface area (Å²) in [4.78, 5) is 46.0. The summed E-state index contributed by atoms with van der Waals surface area (Å²) in [6.45, 7) is 7.56. The van der Waals surface area contributed by atoms with Crippen molar-refractivity contribution in [1.82, 2.24) is 34.9 Å². The molecule has 12 nitrogen and oxygen atoms in total. The summed E-state index contributed by atoms with van der Waals surface area (Å²) in [7, 11) is 0. The first-order valence-corrected chi connectivity index (χ1v) is 16.1.